The summed E-state index contributed by atoms with van der Waals surface area (Å²) in [5.74, 6) is 0. The molecule has 107 valence electrons. The zero-order valence-electron chi connectivity index (χ0n) is 11.7. The zero-order valence-corrected chi connectivity index (χ0v) is 14.9. The molecule has 21 heavy (non-hydrogen) atoms. The Labute approximate surface area is 140 Å². The zero-order chi connectivity index (χ0) is 13.7. The second-order valence-electron chi connectivity index (χ2n) is 4.94. The summed E-state index contributed by atoms with van der Waals surface area (Å²) in [5, 5.41) is 3.58. The Kier molecular flexibility index (Phi) is 3.78. The van der Waals surface area contributed by atoms with Gasteiger partial charge in [0.25, 0.3) is 0 Å². The fourth-order valence-electron chi connectivity index (χ4n) is 2.87. The molecule has 4 rings (SSSR count). The molecule has 0 bridgehead atoms. The van der Waals surface area contributed by atoms with E-state index >= 15 is 0 Å². The molecule has 2 heterocycles. The topological polar surface area (TPSA) is 17.3 Å². The van der Waals surface area contributed by atoms with Crippen molar-refractivity contribution >= 4 is 39.1 Å². The molecule has 2 nitrogen and oxygen atoms in total. The second-order valence-corrected chi connectivity index (χ2v) is 5.79. The van der Waals surface area contributed by atoms with Crippen LogP contribution in [0.5, 0.6) is 0 Å². The number of benzene rings is 2. The summed E-state index contributed by atoms with van der Waals surface area (Å²) in [6, 6.07) is 14.0. The van der Waals surface area contributed by atoms with E-state index in [-0.39, 0.29) is 20.1 Å². The van der Waals surface area contributed by atoms with Crippen LogP contribution in [0.25, 0.3) is 27.3 Å². The van der Waals surface area contributed by atoms with Crippen molar-refractivity contribution in [3.05, 3.63) is 54.4 Å². The van der Waals surface area contributed by atoms with E-state index in [0.717, 1.165) is 11.0 Å². The van der Waals surface area contributed by atoms with Crippen molar-refractivity contribution in [1.29, 1.82) is 0 Å². The van der Waals surface area contributed by atoms with Crippen molar-refractivity contribution in [1.82, 2.24) is 9.38 Å². The number of hydrogen-bond donors (Lipinski definition) is 0. The van der Waals surface area contributed by atoms with Gasteiger partial charge in [0.1, 0.15) is 0 Å². The van der Waals surface area contributed by atoms with E-state index in [9.17, 15) is 0 Å². The third-order valence-electron chi connectivity index (χ3n) is 3.69. The van der Waals surface area contributed by atoms with Gasteiger partial charge in [-0.3, -0.25) is 4.98 Å². The van der Waals surface area contributed by atoms with Gasteiger partial charge in [-0.1, -0.05) is 17.0 Å². The molecule has 0 saturated carbocycles. The number of thioether (sulfide) groups is 1. The van der Waals surface area contributed by atoms with Crippen LogP contribution < -0.4 is 0 Å². The summed E-state index contributed by atoms with van der Waals surface area (Å²) in [6.45, 7) is 2.15. The van der Waals surface area contributed by atoms with Gasteiger partial charge < -0.3 is 4.40 Å². The van der Waals surface area contributed by atoms with Gasteiger partial charge in [0.05, 0.1) is 11.2 Å². The first-order valence-electron chi connectivity index (χ1n) is 6.53. The minimum Gasteiger partial charge on any atom is -0.339 e. The van der Waals surface area contributed by atoms with Crippen molar-refractivity contribution in [3.8, 4) is 0 Å². The van der Waals surface area contributed by atoms with Gasteiger partial charge >= 0.3 is 0 Å². The minimum absolute atomic E-state index is 0. The van der Waals surface area contributed by atoms with E-state index in [0.29, 0.717) is 0 Å². The average molecular weight is 470 g/mol. The number of imidazole rings is 1. The molecule has 0 aliphatic carbocycles. The van der Waals surface area contributed by atoms with E-state index < -0.39 is 0 Å². The Bertz CT molecular complexity index is 959. The smallest absolute Gasteiger partial charge is 0.0608 e. The number of rotatable bonds is 1. The monoisotopic (exact) mass is 470 g/mol. The molecule has 4 heteroatoms. The summed E-state index contributed by atoms with van der Waals surface area (Å²) < 4.78 is 2.18. The predicted molar refractivity (Wildman–Crippen MR) is 85.6 cm³/mol. The van der Waals surface area contributed by atoms with Crippen LogP contribution >= 0.6 is 11.8 Å². The molecule has 0 amide bonds. The number of aryl methyl sites for hydroxylation is 1. The van der Waals surface area contributed by atoms with Crippen molar-refractivity contribution in [2.45, 2.75) is 11.8 Å². The van der Waals surface area contributed by atoms with Crippen LogP contribution in [-0.4, -0.2) is 15.6 Å². The maximum atomic E-state index is 4.52. The molecule has 0 fully saturated rings. The molecular formula is C17H13IrN2S-. The van der Waals surface area contributed by atoms with Crippen LogP contribution in [0, 0.1) is 13.0 Å². The molecule has 0 spiro atoms. The van der Waals surface area contributed by atoms with Gasteiger partial charge in [-0.25, -0.2) is 0 Å². The van der Waals surface area contributed by atoms with E-state index in [4.69, 9.17) is 0 Å². The van der Waals surface area contributed by atoms with E-state index in [2.05, 4.69) is 46.8 Å². The molecule has 2 aromatic heterocycles. The first kappa shape index (κ1) is 14.6. The number of nitrogens with zero attached hydrogens (tertiary/aromatic N) is 2. The van der Waals surface area contributed by atoms with Gasteiger partial charge in [0.2, 0.25) is 0 Å². The van der Waals surface area contributed by atoms with Gasteiger partial charge in [-0.2, -0.15) is 0 Å². The second kappa shape index (κ2) is 5.45. The molecule has 2 aromatic carbocycles. The molecular weight excluding hydrogens is 456 g/mol. The van der Waals surface area contributed by atoms with Gasteiger partial charge in [-0.15, -0.1) is 41.4 Å². The van der Waals surface area contributed by atoms with Gasteiger partial charge in [0.15, 0.2) is 0 Å². The average Bonchev–Trinajstić information content (AvgIpc) is 2.96. The Balaban J connectivity index is 0.00000132. The Morgan fingerprint density at radius 2 is 2.10 bits per heavy atom. The van der Waals surface area contributed by atoms with Crippen LogP contribution in [0.1, 0.15) is 5.56 Å². The molecule has 0 saturated heterocycles. The van der Waals surface area contributed by atoms with Gasteiger partial charge in [0, 0.05) is 37.4 Å². The van der Waals surface area contributed by atoms with Gasteiger partial charge in [-0.05, 0) is 24.6 Å². The fraction of sp³-hybridized carbons (Fsp3) is 0.118. The summed E-state index contributed by atoms with van der Waals surface area (Å²) >= 11 is 1.78. The third kappa shape index (κ3) is 2.10. The molecule has 1 radical (unpaired) electrons. The SMILES string of the molecule is CSc1cc(C)cc2c3ccc[c-]c3c3nccn3c12.[Ir]. The summed E-state index contributed by atoms with van der Waals surface area (Å²) in [5.41, 5.74) is 3.50. The maximum absolute atomic E-state index is 4.52. The van der Waals surface area contributed by atoms with Crippen molar-refractivity contribution in [3.63, 3.8) is 0 Å². The van der Waals surface area contributed by atoms with E-state index in [1.807, 2.05) is 24.5 Å². The van der Waals surface area contributed by atoms with Crippen LogP contribution in [-0.2, 0) is 20.1 Å². The molecule has 0 aliphatic heterocycles. The number of aromatic nitrogens is 2. The molecule has 0 aliphatic rings. The van der Waals surface area contributed by atoms with Crippen LogP contribution in [0.2, 0.25) is 0 Å². The predicted octanol–water partition coefficient (Wildman–Crippen LogP) is 4.47. The summed E-state index contributed by atoms with van der Waals surface area (Å²) in [6.07, 6.45) is 6.02. The molecule has 0 N–H and O–H groups in total. The first-order valence-corrected chi connectivity index (χ1v) is 7.76. The number of hydrogen-bond acceptors (Lipinski definition) is 2. The Hall–Kier alpha value is -1.35. The van der Waals surface area contributed by atoms with Crippen LogP contribution in [0.3, 0.4) is 0 Å². The van der Waals surface area contributed by atoms with E-state index in [1.54, 1.807) is 11.8 Å². The van der Waals surface area contributed by atoms with Crippen LogP contribution in [0.4, 0.5) is 0 Å². The van der Waals surface area contributed by atoms with E-state index in [1.165, 1.54) is 26.7 Å². The number of fused-ring (bicyclic) bond motifs is 6. The van der Waals surface area contributed by atoms with Crippen molar-refractivity contribution < 1.29 is 20.1 Å². The van der Waals surface area contributed by atoms with Crippen molar-refractivity contribution in [2.24, 2.45) is 0 Å². The third-order valence-corrected chi connectivity index (χ3v) is 4.44. The normalized spacial score (nSPS) is 11.1. The standard InChI is InChI=1S/C17H13N2S.Ir/c1-11-9-14-12-5-3-4-6-13(12)17-18-7-8-19(17)16(14)15(10-11)20-2;/h3-5,7-10H,1-2H3;/q-1;. The first-order chi connectivity index (χ1) is 9.79. The minimum atomic E-state index is 0. The van der Waals surface area contributed by atoms with Crippen molar-refractivity contribution in [2.75, 3.05) is 6.26 Å². The largest absolute Gasteiger partial charge is 0.339 e. The Morgan fingerprint density at radius 1 is 1.24 bits per heavy atom. The Morgan fingerprint density at radius 3 is 2.90 bits per heavy atom. The quantitative estimate of drug-likeness (QED) is 0.233. The summed E-state index contributed by atoms with van der Waals surface area (Å²) in [4.78, 5) is 5.80. The molecule has 4 aromatic rings. The number of pyridine rings is 1. The maximum Gasteiger partial charge on any atom is 0.0608 e. The molecule has 0 atom stereocenters. The van der Waals surface area contributed by atoms with Crippen LogP contribution in [0.15, 0.2) is 47.6 Å². The summed E-state index contributed by atoms with van der Waals surface area (Å²) in [7, 11) is 0. The molecule has 0 unspecified atom stereocenters. The fourth-order valence-corrected chi connectivity index (χ4v) is 3.58.